The maximum absolute atomic E-state index is 13.6. The summed E-state index contributed by atoms with van der Waals surface area (Å²) in [6.07, 6.45) is 0.789. The molecule has 1 aliphatic rings. The second-order valence-electron chi connectivity index (χ2n) is 9.02. The van der Waals surface area contributed by atoms with Crippen molar-refractivity contribution in [1.29, 1.82) is 0 Å². The van der Waals surface area contributed by atoms with Crippen molar-refractivity contribution in [2.24, 2.45) is 0 Å². The minimum Gasteiger partial charge on any atom is -0.355 e. The van der Waals surface area contributed by atoms with Crippen molar-refractivity contribution in [3.63, 3.8) is 0 Å². The maximum Gasteiger partial charge on any atom is 0.261 e. The summed E-state index contributed by atoms with van der Waals surface area (Å²) >= 11 is 0. The Hall–Kier alpha value is -4.26. The lowest BCUT2D eigenvalue weighted by Gasteiger charge is -2.31. The van der Waals surface area contributed by atoms with E-state index in [0.29, 0.717) is 30.5 Å². The fourth-order valence-corrected chi connectivity index (χ4v) is 4.60. The molecule has 4 rings (SSSR count). The van der Waals surface area contributed by atoms with Crippen molar-refractivity contribution in [1.82, 2.24) is 15.1 Å². The van der Waals surface area contributed by atoms with Gasteiger partial charge in [-0.1, -0.05) is 72.8 Å². The SMILES string of the molecule is CCNC(=O)C(Cc1ccccc1)N(Cc1ccccc1)C(=O)CCCN1C(=O)c2ccccc2C1=O. The molecule has 1 N–H and O–H groups in total. The van der Waals surface area contributed by atoms with Crippen LogP contribution >= 0.6 is 0 Å². The predicted octanol–water partition coefficient (Wildman–Crippen LogP) is 3.84. The molecule has 7 heteroatoms. The summed E-state index contributed by atoms with van der Waals surface area (Å²) in [6.45, 7) is 2.73. The van der Waals surface area contributed by atoms with Crippen molar-refractivity contribution in [2.45, 2.75) is 38.8 Å². The lowest BCUT2D eigenvalue weighted by molar-refractivity contribution is -0.141. The number of nitrogens with zero attached hydrogens (tertiary/aromatic N) is 2. The van der Waals surface area contributed by atoms with Gasteiger partial charge in [-0.15, -0.1) is 0 Å². The molecule has 7 nitrogen and oxygen atoms in total. The van der Waals surface area contributed by atoms with Crippen molar-refractivity contribution in [3.8, 4) is 0 Å². The summed E-state index contributed by atoms with van der Waals surface area (Å²) < 4.78 is 0. The summed E-state index contributed by atoms with van der Waals surface area (Å²) in [4.78, 5) is 55.0. The van der Waals surface area contributed by atoms with E-state index in [1.165, 1.54) is 4.90 Å². The zero-order valence-electron chi connectivity index (χ0n) is 20.9. The van der Waals surface area contributed by atoms with Gasteiger partial charge < -0.3 is 10.2 Å². The van der Waals surface area contributed by atoms with E-state index in [1.807, 2.05) is 67.6 Å². The molecule has 0 spiro atoms. The second kappa shape index (κ2) is 12.1. The second-order valence-corrected chi connectivity index (χ2v) is 9.02. The monoisotopic (exact) mass is 497 g/mol. The minimum atomic E-state index is -0.700. The highest BCUT2D eigenvalue weighted by molar-refractivity contribution is 6.21. The Bertz CT molecular complexity index is 1230. The molecule has 1 heterocycles. The molecular weight excluding hydrogens is 466 g/mol. The van der Waals surface area contributed by atoms with Crippen LogP contribution in [-0.2, 0) is 22.6 Å². The highest BCUT2D eigenvalue weighted by atomic mass is 16.2. The van der Waals surface area contributed by atoms with E-state index in [-0.39, 0.29) is 43.1 Å². The molecule has 0 radical (unpaired) electrons. The molecule has 1 aliphatic heterocycles. The number of nitrogens with one attached hydrogen (secondary N) is 1. The smallest absolute Gasteiger partial charge is 0.261 e. The van der Waals surface area contributed by atoms with Crippen molar-refractivity contribution in [3.05, 3.63) is 107 Å². The molecule has 0 aliphatic carbocycles. The van der Waals surface area contributed by atoms with Crippen LogP contribution in [0.25, 0.3) is 0 Å². The molecule has 0 bridgehead atoms. The molecule has 0 saturated heterocycles. The number of hydrogen-bond donors (Lipinski definition) is 1. The van der Waals surface area contributed by atoms with Gasteiger partial charge in [-0.05, 0) is 36.6 Å². The lowest BCUT2D eigenvalue weighted by atomic mass is 10.0. The Balaban J connectivity index is 1.51. The Morgan fingerprint density at radius 1 is 0.811 bits per heavy atom. The first-order valence-electron chi connectivity index (χ1n) is 12.6. The first kappa shape index (κ1) is 25.8. The average molecular weight is 498 g/mol. The van der Waals surface area contributed by atoms with Gasteiger partial charge in [0.15, 0.2) is 0 Å². The highest BCUT2D eigenvalue weighted by Gasteiger charge is 2.35. The van der Waals surface area contributed by atoms with Crippen LogP contribution in [-0.4, -0.2) is 52.6 Å². The van der Waals surface area contributed by atoms with Gasteiger partial charge in [0, 0.05) is 32.5 Å². The Morgan fingerprint density at radius 2 is 1.35 bits per heavy atom. The van der Waals surface area contributed by atoms with Gasteiger partial charge in [0.25, 0.3) is 11.8 Å². The molecule has 4 amide bonds. The van der Waals surface area contributed by atoms with E-state index in [9.17, 15) is 19.2 Å². The summed E-state index contributed by atoms with van der Waals surface area (Å²) in [5, 5.41) is 2.88. The van der Waals surface area contributed by atoms with E-state index in [0.717, 1.165) is 11.1 Å². The van der Waals surface area contributed by atoms with Crippen LogP contribution in [0.3, 0.4) is 0 Å². The number of fused-ring (bicyclic) bond motifs is 1. The molecule has 0 fully saturated rings. The lowest BCUT2D eigenvalue weighted by Crippen LogP contribution is -2.50. The summed E-state index contributed by atoms with van der Waals surface area (Å²) in [5.41, 5.74) is 2.65. The molecule has 1 unspecified atom stereocenters. The topological polar surface area (TPSA) is 86.8 Å². The number of hydrogen-bond acceptors (Lipinski definition) is 4. The zero-order valence-corrected chi connectivity index (χ0v) is 20.9. The number of likely N-dealkylation sites (N-methyl/N-ethyl adjacent to an activating group) is 1. The Kier molecular flexibility index (Phi) is 8.46. The number of carbonyl (C=O) groups is 4. The van der Waals surface area contributed by atoms with Crippen LogP contribution in [0.4, 0.5) is 0 Å². The summed E-state index contributed by atoms with van der Waals surface area (Å²) in [7, 11) is 0. The van der Waals surface area contributed by atoms with Crippen LogP contribution in [0, 0.1) is 0 Å². The predicted molar refractivity (Wildman–Crippen MR) is 141 cm³/mol. The van der Waals surface area contributed by atoms with Crippen LogP contribution < -0.4 is 5.32 Å². The highest BCUT2D eigenvalue weighted by Crippen LogP contribution is 2.23. The van der Waals surface area contributed by atoms with Gasteiger partial charge in [-0.25, -0.2) is 0 Å². The van der Waals surface area contributed by atoms with E-state index < -0.39 is 6.04 Å². The third-order valence-electron chi connectivity index (χ3n) is 6.47. The number of amides is 4. The van der Waals surface area contributed by atoms with Gasteiger partial charge in [0.05, 0.1) is 11.1 Å². The number of rotatable bonds is 11. The fraction of sp³-hybridized carbons (Fsp3) is 0.267. The molecule has 3 aromatic rings. The van der Waals surface area contributed by atoms with Gasteiger partial charge >= 0.3 is 0 Å². The summed E-state index contributed by atoms with van der Waals surface area (Å²) in [5.74, 6) is -1.08. The first-order chi connectivity index (χ1) is 18.0. The molecule has 0 aromatic heterocycles. The molecule has 190 valence electrons. The molecule has 3 aromatic carbocycles. The number of carbonyl (C=O) groups excluding carboxylic acids is 4. The Morgan fingerprint density at radius 3 is 1.92 bits per heavy atom. The Labute approximate surface area is 217 Å². The fourth-order valence-electron chi connectivity index (χ4n) is 4.60. The van der Waals surface area contributed by atoms with Crippen molar-refractivity contribution in [2.75, 3.05) is 13.1 Å². The van der Waals surface area contributed by atoms with Crippen molar-refractivity contribution < 1.29 is 19.2 Å². The first-order valence-corrected chi connectivity index (χ1v) is 12.6. The third kappa shape index (κ3) is 6.12. The van der Waals surface area contributed by atoms with Gasteiger partial charge in [-0.2, -0.15) is 0 Å². The van der Waals surface area contributed by atoms with Gasteiger partial charge in [0.1, 0.15) is 6.04 Å². The molecule has 1 atom stereocenters. The summed E-state index contributed by atoms with van der Waals surface area (Å²) in [6, 6.07) is 25.2. The quantitative estimate of drug-likeness (QED) is 0.408. The van der Waals surface area contributed by atoms with E-state index >= 15 is 0 Å². The van der Waals surface area contributed by atoms with Crippen molar-refractivity contribution >= 4 is 23.6 Å². The van der Waals surface area contributed by atoms with E-state index in [2.05, 4.69) is 5.32 Å². The zero-order chi connectivity index (χ0) is 26.2. The maximum atomic E-state index is 13.6. The molecule has 37 heavy (non-hydrogen) atoms. The molecule has 0 saturated carbocycles. The van der Waals surface area contributed by atoms with Gasteiger partial charge in [0.2, 0.25) is 11.8 Å². The largest absolute Gasteiger partial charge is 0.355 e. The van der Waals surface area contributed by atoms with E-state index in [4.69, 9.17) is 0 Å². The van der Waals surface area contributed by atoms with Crippen LogP contribution in [0.5, 0.6) is 0 Å². The van der Waals surface area contributed by atoms with E-state index in [1.54, 1.807) is 29.2 Å². The number of benzene rings is 3. The van der Waals surface area contributed by atoms with Crippen LogP contribution in [0.15, 0.2) is 84.9 Å². The normalized spacial score (nSPS) is 13.3. The van der Waals surface area contributed by atoms with Gasteiger partial charge in [-0.3, -0.25) is 24.1 Å². The molecular formula is C30H31N3O4. The van der Waals surface area contributed by atoms with Crippen LogP contribution in [0.2, 0.25) is 0 Å². The number of imide groups is 1. The third-order valence-corrected chi connectivity index (χ3v) is 6.47. The standard InChI is InChI=1S/C30H31N3O4/c1-2-31-28(35)26(20-22-12-5-3-6-13-22)33(21-23-14-7-4-8-15-23)27(34)18-11-19-32-29(36)24-16-9-10-17-25(24)30(32)37/h3-10,12-17,26H,2,11,18-21H2,1H3,(H,31,35). The average Bonchev–Trinajstić information content (AvgIpc) is 3.17. The minimum absolute atomic E-state index is 0.102. The van der Waals surface area contributed by atoms with Crippen LogP contribution in [0.1, 0.15) is 51.6 Å².